The smallest absolute Gasteiger partial charge is 0.238 e. The summed E-state index contributed by atoms with van der Waals surface area (Å²) in [5.74, 6) is 1.22. The Kier molecular flexibility index (Phi) is 5.22. The molecule has 1 heterocycles. The Labute approximate surface area is 123 Å². The fraction of sp³-hybridized carbons (Fsp3) is 0.267. The quantitative estimate of drug-likeness (QED) is 0.842. The minimum absolute atomic E-state index is 0.134. The zero-order valence-corrected chi connectivity index (χ0v) is 12.1. The number of aromatic nitrogens is 2. The Morgan fingerprint density at radius 2 is 2.10 bits per heavy atom. The third-order valence-corrected chi connectivity index (χ3v) is 2.81. The molecule has 6 nitrogen and oxygen atoms in total. The monoisotopic (exact) mass is 286 g/mol. The highest BCUT2D eigenvalue weighted by Gasteiger charge is 2.06. The summed E-state index contributed by atoms with van der Waals surface area (Å²) < 4.78 is 5.18. The number of hydrogen-bond acceptors (Lipinski definition) is 5. The van der Waals surface area contributed by atoms with E-state index in [9.17, 15) is 4.79 Å². The molecule has 2 aromatic rings. The number of carbonyl (C=O) groups excluding carboxylic acids is 1. The lowest BCUT2D eigenvalue weighted by molar-refractivity contribution is -0.115. The van der Waals surface area contributed by atoms with Crippen LogP contribution in [0.3, 0.4) is 0 Å². The molecule has 0 bridgehead atoms. The highest BCUT2D eigenvalue weighted by atomic mass is 16.5. The van der Waals surface area contributed by atoms with E-state index in [1.54, 1.807) is 25.4 Å². The molecule has 0 radical (unpaired) electrons. The maximum Gasteiger partial charge on any atom is 0.238 e. The van der Waals surface area contributed by atoms with Crippen LogP contribution in [0.15, 0.2) is 36.5 Å². The van der Waals surface area contributed by atoms with E-state index in [4.69, 9.17) is 4.74 Å². The number of methoxy groups -OCH3 is 1. The van der Waals surface area contributed by atoms with E-state index in [1.807, 2.05) is 25.1 Å². The van der Waals surface area contributed by atoms with Crippen LogP contribution in [0, 0.1) is 6.92 Å². The number of anilines is 1. The van der Waals surface area contributed by atoms with Crippen molar-refractivity contribution in [3.05, 3.63) is 48.0 Å². The topological polar surface area (TPSA) is 76.1 Å². The Morgan fingerprint density at radius 1 is 1.29 bits per heavy atom. The molecule has 0 saturated carbocycles. The average Bonchev–Trinajstić information content (AvgIpc) is 2.48. The van der Waals surface area contributed by atoms with E-state index in [1.165, 1.54) is 0 Å². The summed E-state index contributed by atoms with van der Waals surface area (Å²) in [6, 6.07) is 9.11. The maximum absolute atomic E-state index is 11.9. The molecule has 2 N–H and O–H groups in total. The van der Waals surface area contributed by atoms with Gasteiger partial charge in [0.1, 0.15) is 11.6 Å². The number of ether oxygens (including phenoxy) is 1. The van der Waals surface area contributed by atoms with Crippen molar-refractivity contribution in [1.29, 1.82) is 0 Å². The molecule has 1 aromatic carbocycles. The minimum Gasteiger partial charge on any atom is -0.495 e. The van der Waals surface area contributed by atoms with Crippen LogP contribution in [0.5, 0.6) is 5.75 Å². The van der Waals surface area contributed by atoms with E-state index in [0.29, 0.717) is 23.8 Å². The zero-order chi connectivity index (χ0) is 15.1. The van der Waals surface area contributed by atoms with E-state index < -0.39 is 0 Å². The lowest BCUT2D eigenvalue weighted by atomic mass is 10.3. The van der Waals surface area contributed by atoms with Crippen LogP contribution in [0.1, 0.15) is 11.5 Å². The lowest BCUT2D eigenvalue weighted by Gasteiger charge is -2.10. The van der Waals surface area contributed by atoms with Crippen molar-refractivity contribution in [3.8, 4) is 5.75 Å². The SMILES string of the molecule is COc1ccccc1NC(=O)CNCc1ccnc(C)n1. The normalized spacial score (nSPS) is 10.2. The number of nitrogens with zero attached hydrogens (tertiary/aromatic N) is 2. The number of rotatable bonds is 6. The average molecular weight is 286 g/mol. The second kappa shape index (κ2) is 7.35. The summed E-state index contributed by atoms with van der Waals surface area (Å²) >= 11 is 0. The highest BCUT2D eigenvalue weighted by molar-refractivity contribution is 5.93. The third kappa shape index (κ3) is 4.54. The molecule has 0 spiro atoms. The van der Waals surface area contributed by atoms with Crippen LogP contribution in [-0.4, -0.2) is 29.5 Å². The Morgan fingerprint density at radius 3 is 2.86 bits per heavy atom. The molecule has 0 unspecified atom stereocenters. The van der Waals surface area contributed by atoms with E-state index >= 15 is 0 Å². The molecule has 0 atom stereocenters. The van der Waals surface area contributed by atoms with Gasteiger partial charge in [-0.15, -0.1) is 0 Å². The zero-order valence-electron chi connectivity index (χ0n) is 12.1. The van der Waals surface area contributed by atoms with Gasteiger partial charge in [0.2, 0.25) is 5.91 Å². The second-order valence-electron chi connectivity index (χ2n) is 4.45. The fourth-order valence-electron chi connectivity index (χ4n) is 1.85. The van der Waals surface area contributed by atoms with Crippen LogP contribution in [0.25, 0.3) is 0 Å². The number of para-hydroxylation sites is 2. The van der Waals surface area contributed by atoms with Crippen molar-refractivity contribution in [1.82, 2.24) is 15.3 Å². The molecule has 1 amide bonds. The maximum atomic E-state index is 11.9. The molecule has 0 aliphatic carbocycles. The molecule has 0 fully saturated rings. The number of nitrogens with one attached hydrogen (secondary N) is 2. The summed E-state index contributed by atoms with van der Waals surface area (Å²) in [6.45, 7) is 2.54. The van der Waals surface area contributed by atoms with Gasteiger partial charge in [0.05, 0.1) is 25.0 Å². The molecular weight excluding hydrogens is 268 g/mol. The molecule has 2 rings (SSSR count). The predicted octanol–water partition coefficient (Wildman–Crippen LogP) is 1.52. The summed E-state index contributed by atoms with van der Waals surface area (Å²) in [5.41, 5.74) is 1.51. The Hall–Kier alpha value is -2.47. The number of amides is 1. The fourth-order valence-corrected chi connectivity index (χ4v) is 1.85. The Bertz CT molecular complexity index is 616. The van der Waals surface area contributed by atoms with Gasteiger partial charge < -0.3 is 15.4 Å². The summed E-state index contributed by atoms with van der Waals surface area (Å²) in [7, 11) is 1.57. The van der Waals surface area contributed by atoms with Crippen LogP contribution in [-0.2, 0) is 11.3 Å². The second-order valence-corrected chi connectivity index (χ2v) is 4.45. The number of hydrogen-bond donors (Lipinski definition) is 2. The van der Waals surface area contributed by atoms with Gasteiger partial charge in [-0.2, -0.15) is 0 Å². The first kappa shape index (κ1) is 14.9. The van der Waals surface area contributed by atoms with Crippen molar-refractivity contribution < 1.29 is 9.53 Å². The Balaban J connectivity index is 1.82. The predicted molar refractivity (Wildman–Crippen MR) is 80.1 cm³/mol. The molecule has 0 saturated heterocycles. The van der Waals surface area contributed by atoms with Crippen molar-refractivity contribution in [2.24, 2.45) is 0 Å². The molecule has 110 valence electrons. The highest BCUT2D eigenvalue weighted by Crippen LogP contribution is 2.22. The van der Waals surface area contributed by atoms with E-state index in [-0.39, 0.29) is 12.5 Å². The van der Waals surface area contributed by atoms with Gasteiger partial charge in [-0.05, 0) is 25.1 Å². The summed E-state index contributed by atoms with van der Waals surface area (Å²) in [6.07, 6.45) is 1.70. The van der Waals surface area contributed by atoms with Crippen molar-refractivity contribution in [2.45, 2.75) is 13.5 Å². The molecule has 0 aliphatic heterocycles. The van der Waals surface area contributed by atoms with Crippen LogP contribution < -0.4 is 15.4 Å². The van der Waals surface area contributed by atoms with Gasteiger partial charge in [-0.1, -0.05) is 12.1 Å². The van der Waals surface area contributed by atoms with Crippen LogP contribution in [0.2, 0.25) is 0 Å². The third-order valence-electron chi connectivity index (χ3n) is 2.81. The number of benzene rings is 1. The summed E-state index contributed by atoms with van der Waals surface area (Å²) in [4.78, 5) is 20.2. The van der Waals surface area contributed by atoms with Gasteiger partial charge in [-0.3, -0.25) is 4.79 Å². The van der Waals surface area contributed by atoms with Gasteiger partial charge in [-0.25, -0.2) is 9.97 Å². The molecule has 21 heavy (non-hydrogen) atoms. The molecule has 6 heteroatoms. The van der Waals surface area contributed by atoms with Crippen molar-refractivity contribution in [3.63, 3.8) is 0 Å². The van der Waals surface area contributed by atoms with Crippen LogP contribution >= 0.6 is 0 Å². The standard InChI is InChI=1S/C15H18N4O2/c1-11-17-8-7-12(18-11)9-16-10-15(20)19-13-5-3-4-6-14(13)21-2/h3-8,16H,9-10H2,1-2H3,(H,19,20). The van der Waals surface area contributed by atoms with E-state index in [0.717, 1.165) is 5.69 Å². The first-order valence-corrected chi connectivity index (χ1v) is 6.61. The summed E-state index contributed by atoms with van der Waals surface area (Å²) in [5, 5.41) is 5.84. The largest absolute Gasteiger partial charge is 0.495 e. The van der Waals surface area contributed by atoms with Gasteiger partial charge in [0.15, 0.2) is 0 Å². The van der Waals surface area contributed by atoms with Crippen molar-refractivity contribution >= 4 is 11.6 Å². The number of carbonyl (C=O) groups is 1. The lowest BCUT2D eigenvalue weighted by Crippen LogP contribution is -2.28. The molecule has 0 aliphatic rings. The van der Waals surface area contributed by atoms with Crippen molar-refractivity contribution in [2.75, 3.05) is 19.0 Å². The van der Waals surface area contributed by atoms with Crippen LogP contribution in [0.4, 0.5) is 5.69 Å². The van der Waals surface area contributed by atoms with Gasteiger partial charge in [0, 0.05) is 12.7 Å². The van der Waals surface area contributed by atoms with Gasteiger partial charge >= 0.3 is 0 Å². The first-order valence-electron chi connectivity index (χ1n) is 6.61. The number of aryl methyl sites for hydroxylation is 1. The molecular formula is C15H18N4O2. The van der Waals surface area contributed by atoms with E-state index in [2.05, 4.69) is 20.6 Å². The van der Waals surface area contributed by atoms with Gasteiger partial charge in [0.25, 0.3) is 0 Å². The first-order chi connectivity index (χ1) is 10.2. The minimum atomic E-state index is -0.134. The molecule has 1 aromatic heterocycles.